The highest BCUT2D eigenvalue weighted by Gasteiger charge is 2.18. The lowest BCUT2D eigenvalue weighted by molar-refractivity contribution is -0.117. The van der Waals surface area contributed by atoms with Crippen LogP contribution in [0, 0.1) is 0 Å². The fraction of sp³-hybridized carbons (Fsp3) is 0.368. The molecule has 0 amide bonds. The van der Waals surface area contributed by atoms with E-state index in [2.05, 4.69) is 4.98 Å². The highest BCUT2D eigenvalue weighted by molar-refractivity contribution is 5.78. The molecule has 0 bridgehead atoms. The van der Waals surface area contributed by atoms with Gasteiger partial charge in [0.25, 0.3) is 5.56 Å². The van der Waals surface area contributed by atoms with E-state index in [-0.39, 0.29) is 23.6 Å². The Kier molecular flexibility index (Phi) is 5.16. The van der Waals surface area contributed by atoms with Crippen molar-refractivity contribution in [3.63, 3.8) is 0 Å². The van der Waals surface area contributed by atoms with Crippen LogP contribution in [0.5, 0.6) is 0 Å². The Labute approximate surface area is 150 Å². The molecule has 1 aromatic carbocycles. The largest absolute Gasteiger partial charge is 0.333 e. The number of rotatable bonds is 7. The van der Waals surface area contributed by atoms with Gasteiger partial charge in [-0.2, -0.15) is 0 Å². The number of unbranched alkanes of at least 4 members (excludes halogenated alkanes) is 1. The molecular formula is C19H22N4O3. The van der Waals surface area contributed by atoms with E-state index < -0.39 is 0 Å². The third kappa shape index (κ3) is 3.37. The summed E-state index contributed by atoms with van der Waals surface area (Å²) in [6.45, 7) is 4.19. The number of ketones is 1. The van der Waals surface area contributed by atoms with Crippen molar-refractivity contribution in [2.75, 3.05) is 0 Å². The molecule has 3 aromatic rings. The summed E-state index contributed by atoms with van der Waals surface area (Å²) in [5.74, 6) is -0.0791. The zero-order valence-electron chi connectivity index (χ0n) is 15.0. The molecule has 3 rings (SSSR count). The normalized spacial score (nSPS) is 11.2. The van der Waals surface area contributed by atoms with Crippen molar-refractivity contribution in [3.8, 4) is 0 Å². The van der Waals surface area contributed by atoms with E-state index in [0.717, 1.165) is 18.4 Å². The molecule has 0 fully saturated rings. The van der Waals surface area contributed by atoms with Crippen LogP contribution >= 0.6 is 0 Å². The van der Waals surface area contributed by atoms with Crippen LogP contribution in [0.15, 0.2) is 46.2 Å². The van der Waals surface area contributed by atoms with Crippen LogP contribution in [0.1, 0.15) is 32.3 Å². The molecule has 0 saturated carbocycles. The predicted molar refractivity (Wildman–Crippen MR) is 99.4 cm³/mol. The second-order valence-corrected chi connectivity index (χ2v) is 6.41. The summed E-state index contributed by atoms with van der Waals surface area (Å²) in [6.07, 6.45) is 3.06. The molecule has 0 atom stereocenters. The third-order valence-electron chi connectivity index (χ3n) is 4.30. The first-order valence-electron chi connectivity index (χ1n) is 8.74. The number of fused-ring (bicyclic) bond motifs is 1. The van der Waals surface area contributed by atoms with Gasteiger partial charge in [0.05, 0.1) is 19.4 Å². The van der Waals surface area contributed by atoms with Gasteiger partial charge in [0.1, 0.15) is 5.78 Å². The van der Waals surface area contributed by atoms with Crippen molar-refractivity contribution in [1.82, 2.24) is 18.7 Å². The maximum atomic E-state index is 13.0. The monoisotopic (exact) mass is 354 g/mol. The molecule has 0 aliphatic carbocycles. The van der Waals surface area contributed by atoms with E-state index in [1.54, 1.807) is 0 Å². The van der Waals surface area contributed by atoms with Crippen molar-refractivity contribution in [2.45, 2.75) is 46.3 Å². The molecule has 0 saturated heterocycles. The highest BCUT2D eigenvalue weighted by Crippen LogP contribution is 2.10. The molecule has 0 aliphatic heterocycles. The van der Waals surface area contributed by atoms with E-state index in [4.69, 9.17) is 0 Å². The molecule has 0 unspecified atom stereocenters. The van der Waals surface area contributed by atoms with Crippen LogP contribution in [0.2, 0.25) is 0 Å². The van der Waals surface area contributed by atoms with Gasteiger partial charge < -0.3 is 4.57 Å². The minimum absolute atomic E-state index is 0.0586. The lowest BCUT2D eigenvalue weighted by Crippen LogP contribution is -2.41. The zero-order valence-corrected chi connectivity index (χ0v) is 15.0. The summed E-state index contributed by atoms with van der Waals surface area (Å²) in [7, 11) is 0. The molecular weight excluding hydrogens is 332 g/mol. The van der Waals surface area contributed by atoms with Crippen LogP contribution in [-0.4, -0.2) is 24.5 Å². The lowest BCUT2D eigenvalue weighted by Gasteiger charge is -2.12. The number of benzene rings is 1. The van der Waals surface area contributed by atoms with Crippen molar-refractivity contribution < 1.29 is 4.79 Å². The average Bonchev–Trinajstić information content (AvgIpc) is 3.02. The molecule has 7 nitrogen and oxygen atoms in total. The van der Waals surface area contributed by atoms with E-state index >= 15 is 0 Å². The Hall–Kier alpha value is -2.96. The molecule has 0 N–H and O–H groups in total. The fourth-order valence-corrected chi connectivity index (χ4v) is 3.02. The van der Waals surface area contributed by atoms with Crippen LogP contribution in [0.25, 0.3) is 11.2 Å². The van der Waals surface area contributed by atoms with Gasteiger partial charge in [-0.25, -0.2) is 9.78 Å². The number of carbonyl (C=O) groups excluding carboxylic acids is 1. The van der Waals surface area contributed by atoms with Crippen LogP contribution in [-0.2, 0) is 24.4 Å². The Bertz CT molecular complexity index is 1040. The number of nitrogens with zero attached hydrogens (tertiary/aromatic N) is 4. The van der Waals surface area contributed by atoms with Crippen molar-refractivity contribution >= 4 is 16.9 Å². The van der Waals surface area contributed by atoms with Gasteiger partial charge in [-0.1, -0.05) is 43.7 Å². The first kappa shape index (κ1) is 17.8. The minimum Gasteiger partial charge on any atom is -0.317 e. The zero-order chi connectivity index (χ0) is 18.7. The number of carbonyl (C=O) groups is 1. The summed E-state index contributed by atoms with van der Waals surface area (Å²) in [4.78, 5) is 41.7. The van der Waals surface area contributed by atoms with Gasteiger partial charge >= 0.3 is 5.69 Å². The lowest BCUT2D eigenvalue weighted by atomic mass is 10.2. The Morgan fingerprint density at radius 3 is 2.50 bits per heavy atom. The van der Waals surface area contributed by atoms with Gasteiger partial charge in [0.2, 0.25) is 0 Å². The van der Waals surface area contributed by atoms with Gasteiger partial charge in [-0.3, -0.25) is 18.7 Å². The molecule has 26 heavy (non-hydrogen) atoms. The second-order valence-electron chi connectivity index (χ2n) is 6.41. The van der Waals surface area contributed by atoms with E-state index in [1.807, 2.05) is 37.3 Å². The Morgan fingerprint density at radius 1 is 1.12 bits per heavy atom. The Morgan fingerprint density at radius 2 is 1.85 bits per heavy atom. The number of hydrogen-bond donors (Lipinski definition) is 0. The summed E-state index contributed by atoms with van der Waals surface area (Å²) < 4.78 is 4.30. The number of Topliss-reactive ketones (excluding diaryl/α,β-unsaturated/α-hetero) is 1. The predicted octanol–water partition coefficient (Wildman–Crippen LogP) is 1.80. The smallest absolute Gasteiger partial charge is 0.317 e. The molecule has 136 valence electrons. The van der Waals surface area contributed by atoms with E-state index in [9.17, 15) is 14.4 Å². The quantitative estimate of drug-likeness (QED) is 0.648. The van der Waals surface area contributed by atoms with Crippen molar-refractivity contribution in [1.29, 1.82) is 0 Å². The third-order valence-corrected chi connectivity index (χ3v) is 4.30. The first-order valence-corrected chi connectivity index (χ1v) is 8.74. The van der Waals surface area contributed by atoms with Crippen LogP contribution < -0.4 is 11.2 Å². The van der Waals surface area contributed by atoms with Crippen molar-refractivity contribution in [3.05, 3.63) is 63.1 Å². The SMILES string of the molecule is CCCCn1c(=O)c2c(ncn2CC(C)=O)n(Cc2ccccc2)c1=O. The molecule has 7 heteroatoms. The van der Waals surface area contributed by atoms with Crippen LogP contribution in [0.3, 0.4) is 0 Å². The topological polar surface area (TPSA) is 78.9 Å². The summed E-state index contributed by atoms with van der Waals surface area (Å²) >= 11 is 0. The van der Waals surface area contributed by atoms with Gasteiger partial charge in [-0.15, -0.1) is 0 Å². The van der Waals surface area contributed by atoms with Gasteiger partial charge in [0.15, 0.2) is 11.2 Å². The second kappa shape index (κ2) is 7.51. The highest BCUT2D eigenvalue weighted by atomic mass is 16.2. The summed E-state index contributed by atoms with van der Waals surface area (Å²) in [5, 5.41) is 0. The number of hydrogen-bond acceptors (Lipinski definition) is 4. The average molecular weight is 354 g/mol. The molecule has 2 aromatic heterocycles. The maximum absolute atomic E-state index is 13.0. The standard InChI is InChI=1S/C19H22N4O3/c1-3-4-10-22-18(25)16-17(20-13-21(16)11-14(2)24)23(19(22)26)12-15-8-6-5-7-9-15/h5-9,13H,3-4,10-12H2,1-2H3. The molecule has 0 spiro atoms. The fourth-order valence-electron chi connectivity index (χ4n) is 3.02. The molecule has 0 aliphatic rings. The van der Waals surface area contributed by atoms with E-state index in [0.29, 0.717) is 24.3 Å². The number of aromatic nitrogens is 4. The summed E-state index contributed by atoms with van der Waals surface area (Å²) in [5.41, 5.74) is 0.803. The summed E-state index contributed by atoms with van der Waals surface area (Å²) in [6, 6.07) is 9.56. The number of imidazole rings is 1. The first-order chi connectivity index (χ1) is 12.5. The van der Waals surface area contributed by atoms with Crippen LogP contribution in [0.4, 0.5) is 0 Å². The van der Waals surface area contributed by atoms with E-state index in [1.165, 1.54) is 27.0 Å². The maximum Gasteiger partial charge on any atom is 0.333 e. The molecule has 0 radical (unpaired) electrons. The van der Waals surface area contributed by atoms with Gasteiger partial charge in [0, 0.05) is 6.54 Å². The Balaban J connectivity index is 2.24. The van der Waals surface area contributed by atoms with Crippen molar-refractivity contribution in [2.24, 2.45) is 0 Å². The minimum atomic E-state index is -0.387. The molecule has 2 heterocycles. The van der Waals surface area contributed by atoms with Gasteiger partial charge in [-0.05, 0) is 18.9 Å².